The first-order chi connectivity index (χ1) is 8.42. The van der Waals surface area contributed by atoms with Gasteiger partial charge in [0.05, 0.1) is 0 Å². The van der Waals surface area contributed by atoms with Gasteiger partial charge in [-0.1, -0.05) is 32.1 Å². The van der Waals surface area contributed by atoms with Gasteiger partial charge in [-0.25, -0.2) is 12.0 Å². The van der Waals surface area contributed by atoms with Gasteiger partial charge in [-0.3, -0.25) is 0 Å². The molecule has 0 aromatic carbocycles. The molecule has 0 rings (SSSR count). The predicted molar refractivity (Wildman–Crippen MR) is 74.1 cm³/mol. The minimum Gasteiger partial charge on any atom is -0.725 e. The van der Waals surface area contributed by atoms with Gasteiger partial charge in [0.1, 0.15) is 0 Å². The van der Waals surface area contributed by atoms with Crippen molar-refractivity contribution >= 4 is 22.4 Å². The molecule has 0 aromatic heterocycles. The topological polar surface area (TPSA) is 69.7 Å². The van der Waals surface area contributed by atoms with Crippen LogP contribution in [0.1, 0.15) is 44.9 Å². The van der Waals surface area contributed by atoms with Crippen molar-refractivity contribution in [2.24, 2.45) is 0 Å². The molecule has 0 unspecified atom stereocenters. The first-order valence-corrected chi connectivity index (χ1v) is 8.58. The quantitative estimate of drug-likeness (QED) is 0.157. The molecule has 0 N–H and O–H groups in total. The summed E-state index contributed by atoms with van der Waals surface area (Å²) in [6.07, 6.45) is 8.10. The van der Waals surface area contributed by atoms with E-state index in [0.29, 0.717) is 5.75 Å². The Balaban J connectivity index is 0. The van der Waals surface area contributed by atoms with Crippen LogP contribution >= 0.6 is 12.0 Å². The SMILES string of the molecule is CN(C)CCCCCCCCCSOS(=O)(=O)[O-].[Na+]. The second-order valence-electron chi connectivity index (χ2n) is 4.58. The molecular weight excluding hydrogens is 297 g/mol. The summed E-state index contributed by atoms with van der Waals surface area (Å²) in [6.45, 7) is 1.15. The van der Waals surface area contributed by atoms with Gasteiger partial charge in [0.15, 0.2) is 0 Å². The van der Waals surface area contributed by atoms with Crippen LogP contribution < -0.4 is 29.6 Å². The zero-order chi connectivity index (χ0) is 13.9. The first-order valence-electron chi connectivity index (χ1n) is 6.33. The van der Waals surface area contributed by atoms with E-state index in [4.69, 9.17) is 0 Å². The van der Waals surface area contributed by atoms with Crippen LogP contribution in [0.15, 0.2) is 0 Å². The van der Waals surface area contributed by atoms with Gasteiger partial charge in [0, 0.05) is 17.8 Å². The summed E-state index contributed by atoms with van der Waals surface area (Å²) in [4.78, 5) is 2.20. The van der Waals surface area contributed by atoms with E-state index in [9.17, 15) is 13.0 Å². The Kier molecular flexibility index (Phi) is 16.7. The average Bonchev–Trinajstić information content (AvgIpc) is 2.24. The third-order valence-electron chi connectivity index (χ3n) is 2.46. The fourth-order valence-electron chi connectivity index (χ4n) is 1.57. The predicted octanol–water partition coefficient (Wildman–Crippen LogP) is -0.592. The summed E-state index contributed by atoms with van der Waals surface area (Å²) in [7, 11) is -0.360. The largest absolute Gasteiger partial charge is 1.00 e. The zero-order valence-corrected chi connectivity index (χ0v) is 15.9. The second kappa shape index (κ2) is 14.1. The molecule has 0 fully saturated rings. The number of rotatable bonds is 12. The van der Waals surface area contributed by atoms with Crippen LogP contribution in [0, 0.1) is 0 Å². The Labute approximate surface area is 144 Å². The van der Waals surface area contributed by atoms with Crippen molar-refractivity contribution in [2.45, 2.75) is 44.9 Å². The number of hydrogen-bond donors (Lipinski definition) is 0. The van der Waals surface area contributed by atoms with Crippen LogP contribution in [-0.2, 0) is 14.0 Å². The molecule has 0 heterocycles. The normalized spacial score (nSPS) is 11.6. The fourth-order valence-corrected chi connectivity index (χ4v) is 2.63. The molecule has 0 aliphatic carbocycles. The number of nitrogens with zero attached hydrogens (tertiary/aromatic N) is 1. The fraction of sp³-hybridized carbons (Fsp3) is 1.00. The summed E-state index contributed by atoms with van der Waals surface area (Å²) in [5.74, 6) is 0.558. The second-order valence-corrected chi connectivity index (χ2v) is 6.58. The van der Waals surface area contributed by atoms with Gasteiger partial charge in [-0.2, -0.15) is 0 Å². The van der Waals surface area contributed by atoms with E-state index in [1.165, 1.54) is 25.7 Å². The van der Waals surface area contributed by atoms with E-state index in [1.54, 1.807) is 0 Å². The molecule has 5 nitrogen and oxygen atoms in total. The first kappa shape index (κ1) is 22.5. The zero-order valence-electron chi connectivity index (χ0n) is 12.3. The van der Waals surface area contributed by atoms with Crippen molar-refractivity contribution in [1.82, 2.24) is 4.90 Å². The Morgan fingerprint density at radius 2 is 1.47 bits per heavy atom. The third kappa shape index (κ3) is 21.6. The number of hydrogen-bond acceptors (Lipinski definition) is 6. The molecular formula is C11H24NNaO4S2. The van der Waals surface area contributed by atoms with Crippen LogP contribution in [-0.4, -0.2) is 44.3 Å². The van der Waals surface area contributed by atoms with E-state index in [2.05, 4.69) is 22.6 Å². The van der Waals surface area contributed by atoms with Crippen molar-refractivity contribution in [3.05, 3.63) is 0 Å². The molecule has 0 atom stereocenters. The van der Waals surface area contributed by atoms with Gasteiger partial charge in [-0.05, 0) is 33.5 Å². The average molecular weight is 321 g/mol. The maximum atomic E-state index is 10.1. The molecule has 110 valence electrons. The summed E-state index contributed by atoms with van der Waals surface area (Å²) >= 11 is 0.729. The van der Waals surface area contributed by atoms with E-state index in [1.807, 2.05) is 0 Å². The minimum absolute atomic E-state index is 0. The molecule has 0 saturated carbocycles. The maximum absolute atomic E-state index is 10.1. The number of unbranched alkanes of at least 4 members (excludes halogenated alkanes) is 6. The molecule has 0 spiro atoms. The monoisotopic (exact) mass is 321 g/mol. The van der Waals surface area contributed by atoms with Crippen molar-refractivity contribution in [3.8, 4) is 0 Å². The molecule has 0 aliphatic heterocycles. The van der Waals surface area contributed by atoms with Gasteiger partial charge in [0.25, 0.3) is 0 Å². The maximum Gasteiger partial charge on any atom is 1.00 e. The van der Waals surface area contributed by atoms with Gasteiger partial charge >= 0.3 is 29.6 Å². The van der Waals surface area contributed by atoms with Gasteiger partial charge in [0.2, 0.25) is 10.4 Å². The van der Waals surface area contributed by atoms with Crippen LogP contribution in [0.2, 0.25) is 0 Å². The standard InChI is InChI=1S/C11H25NO4S2.Na/c1-12(2)10-8-6-4-3-5-7-9-11-17-16-18(13,14)15;/h3-11H2,1-2H3,(H,13,14,15);/q;+1/p-1. The molecule has 0 amide bonds. The van der Waals surface area contributed by atoms with E-state index in [-0.39, 0.29) is 29.6 Å². The van der Waals surface area contributed by atoms with Crippen LogP contribution in [0.25, 0.3) is 0 Å². The van der Waals surface area contributed by atoms with E-state index in [0.717, 1.165) is 37.8 Å². The van der Waals surface area contributed by atoms with Gasteiger partial charge in [-0.15, -0.1) is 0 Å². The van der Waals surface area contributed by atoms with Crippen molar-refractivity contribution < 1.29 is 46.2 Å². The third-order valence-corrected chi connectivity index (χ3v) is 3.97. The van der Waals surface area contributed by atoms with Crippen molar-refractivity contribution in [2.75, 3.05) is 26.4 Å². The molecule has 0 saturated heterocycles. The van der Waals surface area contributed by atoms with Crippen LogP contribution in [0.3, 0.4) is 0 Å². The van der Waals surface area contributed by atoms with Crippen molar-refractivity contribution in [1.29, 1.82) is 0 Å². The molecule has 0 bridgehead atoms. The minimum atomic E-state index is -4.53. The molecule has 0 aromatic rings. The molecule has 0 radical (unpaired) electrons. The summed E-state index contributed by atoms with van der Waals surface area (Å²) in [6, 6.07) is 0. The van der Waals surface area contributed by atoms with Crippen molar-refractivity contribution in [3.63, 3.8) is 0 Å². The molecule has 8 heteroatoms. The Bertz CT molecular complexity index is 286. The van der Waals surface area contributed by atoms with Crippen LogP contribution in [0.5, 0.6) is 0 Å². The smallest absolute Gasteiger partial charge is 0.725 e. The molecule has 0 aliphatic rings. The summed E-state index contributed by atoms with van der Waals surface area (Å²) in [5.41, 5.74) is 0. The van der Waals surface area contributed by atoms with E-state index >= 15 is 0 Å². The van der Waals surface area contributed by atoms with E-state index < -0.39 is 10.4 Å². The Morgan fingerprint density at radius 3 is 1.95 bits per heavy atom. The Morgan fingerprint density at radius 1 is 1.00 bits per heavy atom. The van der Waals surface area contributed by atoms with Crippen LogP contribution in [0.4, 0.5) is 0 Å². The summed E-state index contributed by atoms with van der Waals surface area (Å²) in [5, 5.41) is 0. The van der Waals surface area contributed by atoms with Gasteiger partial charge < -0.3 is 9.45 Å². The summed E-state index contributed by atoms with van der Waals surface area (Å²) < 4.78 is 34.4. The Hall–Kier alpha value is 1.18. The molecule has 19 heavy (non-hydrogen) atoms.